The second kappa shape index (κ2) is 6.33. The van der Waals surface area contributed by atoms with Crippen molar-refractivity contribution in [3.8, 4) is 10.6 Å². The van der Waals surface area contributed by atoms with Gasteiger partial charge in [0.1, 0.15) is 5.69 Å². The van der Waals surface area contributed by atoms with Gasteiger partial charge in [0.15, 0.2) is 0 Å². The summed E-state index contributed by atoms with van der Waals surface area (Å²) in [6.45, 7) is 6.79. The van der Waals surface area contributed by atoms with Gasteiger partial charge in [0.25, 0.3) is 0 Å². The Morgan fingerprint density at radius 1 is 1.15 bits per heavy atom. The second-order valence-corrected chi connectivity index (χ2v) is 9.87. The summed E-state index contributed by atoms with van der Waals surface area (Å²) in [5.41, 5.74) is 5.23. The predicted octanol–water partition coefficient (Wildman–Crippen LogP) is 3.81. The maximum Gasteiger partial charge on any atom is 0.244 e. The molecule has 1 N–H and O–H groups in total. The number of aromatic nitrogens is 2. The van der Waals surface area contributed by atoms with Crippen LogP contribution in [0.3, 0.4) is 0 Å². The summed E-state index contributed by atoms with van der Waals surface area (Å²) in [7, 11) is -3.52. The summed E-state index contributed by atoms with van der Waals surface area (Å²) in [6, 6.07) is 9.84. The van der Waals surface area contributed by atoms with Gasteiger partial charge in [-0.25, -0.2) is 8.42 Å². The lowest BCUT2D eigenvalue weighted by Crippen LogP contribution is -2.36. The zero-order valence-corrected chi connectivity index (χ0v) is 16.7. The van der Waals surface area contributed by atoms with Crippen LogP contribution in [0.1, 0.15) is 27.3 Å². The van der Waals surface area contributed by atoms with Crippen molar-refractivity contribution in [1.29, 1.82) is 0 Å². The van der Waals surface area contributed by atoms with Crippen LogP contribution in [0.2, 0.25) is 0 Å². The van der Waals surface area contributed by atoms with E-state index in [9.17, 15) is 8.42 Å². The molecule has 136 valence electrons. The van der Waals surface area contributed by atoms with E-state index in [1.165, 1.54) is 16.9 Å². The van der Waals surface area contributed by atoms with Gasteiger partial charge in [-0.15, -0.1) is 11.3 Å². The van der Waals surface area contributed by atoms with Gasteiger partial charge in [-0.2, -0.15) is 9.40 Å². The van der Waals surface area contributed by atoms with E-state index in [1.54, 1.807) is 10.4 Å². The van der Waals surface area contributed by atoms with E-state index >= 15 is 0 Å². The van der Waals surface area contributed by atoms with Gasteiger partial charge in [0.05, 0.1) is 9.77 Å². The van der Waals surface area contributed by atoms with Gasteiger partial charge < -0.3 is 0 Å². The number of aromatic amines is 1. The molecule has 0 amide bonds. The number of aryl methyl sites for hydroxylation is 2. The van der Waals surface area contributed by atoms with Crippen LogP contribution in [0.15, 0.2) is 35.2 Å². The molecule has 0 saturated carbocycles. The highest BCUT2D eigenvalue weighted by Gasteiger charge is 2.31. The molecule has 0 fully saturated rings. The summed E-state index contributed by atoms with van der Waals surface area (Å²) >= 11 is 1.48. The summed E-state index contributed by atoms with van der Waals surface area (Å²) in [5, 5.41) is 7.32. The summed E-state index contributed by atoms with van der Waals surface area (Å²) in [4.78, 5) is 2.09. The molecule has 1 aliphatic rings. The normalized spacial score (nSPS) is 15.2. The van der Waals surface area contributed by atoms with E-state index < -0.39 is 10.0 Å². The average molecular weight is 388 g/mol. The monoisotopic (exact) mass is 387 g/mol. The van der Waals surface area contributed by atoms with E-state index in [2.05, 4.69) is 16.3 Å². The summed E-state index contributed by atoms with van der Waals surface area (Å²) in [6.07, 6.45) is 0.753. The van der Waals surface area contributed by atoms with Crippen molar-refractivity contribution in [3.05, 3.63) is 57.6 Å². The molecule has 26 heavy (non-hydrogen) atoms. The Bertz CT molecular complexity index is 1080. The van der Waals surface area contributed by atoms with Crippen molar-refractivity contribution in [2.75, 3.05) is 6.54 Å². The number of rotatable bonds is 3. The van der Waals surface area contributed by atoms with Crippen LogP contribution < -0.4 is 0 Å². The first-order valence-corrected chi connectivity index (χ1v) is 10.8. The Morgan fingerprint density at radius 3 is 2.58 bits per heavy atom. The van der Waals surface area contributed by atoms with Crippen LogP contribution in [0.4, 0.5) is 0 Å². The Balaban J connectivity index is 1.70. The number of nitrogens with zero attached hydrogens (tertiary/aromatic N) is 2. The van der Waals surface area contributed by atoms with Crippen LogP contribution in [0.5, 0.6) is 0 Å². The lowest BCUT2D eigenvalue weighted by Gasteiger charge is -2.28. The first-order valence-electron chi connectivity index (χ1n) is 8.57. The molecule has 0 aliphatic carbocycles. The molecular weight excluding hydrogens is 366 g/mol. The Labute approximate surface area is 157 Å². The first-order chi connectivity index (χ1) is 12.4. The van der Waals surface area contributed by atoms with Crippen molar-refractivity contribution >= 4 is 21.4 Å². The SMILES string of the molecule is Cc1[nH]nc(-c2cc(S(=O)(=O)N3CCc4ccccc4C3)c(C)s2)c1C. The Morgan fingerprint density at radius 2 is 1.88 bits per heavy atom. The van der Waals surface area contributed by atoms with E-state index in [0.29, 0.717) is 18.0 Å². The van der Waals surface area contributed by atoms with E-state index in [1.807, 2.05) is 39.0 Å². The maximum absolute atomic E-state index is 13.3. The fourth-order valence-corrected chi connectivity index (χ4v) is 6.40. The van der Waals surface area contributed by atoms with Crippen molar-refractivity contribution < 1.29 is 8.42 Å². The largest absolute Gasteiger partial charge is 0.282 e. The standard InChI is InChI=1S/C19H21N3O2S2/c1-12-13(2)20-21-19(12)17-10-18(14(3)25-17)26(23,24)22-9-8-15-6-4-5-7-16(15)11-22/h4-7,10H,8-9,11H2,1-3H3,(H,20,21). The van der Waals surface area contributed by atoms with Crippen molar-refractivity contribution in [2.45, 2.75) is 38.6 Å². The van der Waals surface area contributed by atoms with Crippen LogP contribution in [-0.4, -0.2) is 29.5 Å². The molecule has 0 radical (unpaired) electrons. The minimum Gasteiger partial charge on any atom is -0.282 e. The maximum atomic E-state index is 13.3. The van der Waals surface area contributed by atoms with E-state index in [-0.39, 0.29) is 0 Å². The molecule has 0 saturated heterocycles. The fourth-order valence-electron chi connectivity index (χ4n) is 3.38. The van der Waals surface area contributed by atoms with Gasteiger partial charge in [-0.3, -0.25) is 5.10 Å². The quantitative estimate of drug-likeness (QED) is 0.743. The smallest absolute Gasteiger partial charge is 0.244 e. The van der Waals surface area contributed by atoms with Crippen molar-refractivity contribution in [1.82, 2.24) is 14.5 Å². The van der Waals surface area contributed by atoms with Gasteiger partial charge in [-0.05, 0) is 49.9 Å². The molecule has 3 aromatic rings. The molecule has 7 heteroatoms. The zero-order valence-electron chi connectivity index (χ0n) is 15.0. The average Bonchev–Trinajstić information content (AvgIpc) is 3.18. The van der Waals surface area contributed by atoms with Crippen molar-refractivity contribution in [3.63, 3.8) is 0 Å². The molecule has 0 spiro atoms. The number of benzene rings is 1. The highest BCUT2D eigenvalue weighted by Crippen LogP contribution is 2.36. The number of hydrogen-bond acceptors (Lipinski definition) is 4. The van der Waals surface area contributed by atoms with Gasteiger partial charge in [0.2, 0.25) is 10.0 Å². The molecule has 0 bridgehead atoms. The molecule has 0 unspecified atom stereocenters. The number of hydrogen-bond donors (Lipinski definition) is 1. The highest BCUT2D eigenvalue weighted by molar-refractivity contribution is 7.89. The topological polar surface area (TPSA) is 66.1 Å². The molecule has 5 nitrogen and oxygen atoms in total. The van der Waals surface area contributed by atoms with Crippen LogP contribution >= 0.6 is 11.3 Å². The van der Waals surface area contributed by atoms with Gasteiger partial charge in [-0.1, -0.05) is 24.3 Å². The number of fused-ring (bicyclic) bond motifs is 1. The summed E-state index contributed by atoms with van der Waals surface area (Å²) < 4.78 is 28.1. The number of sulfonamides is 1. The third-order valence-corrected chi connectivity index (χ3v) is 8.23. The lowest BCUT2D eigenvalue weighted by atomic mass is 10.0. The number of thiophene rings is 1. The first kappa shape index (κ1) is 17.5. The third kappa shape index (κ3) is 2.80. The van der Waals surface area contributed by atoms with Crippen molar-refractivity contribution in [2.24, 2.45) is 0 Å². The summed E-state index contributed by atoms with van der Waals surface area (Å²) in [5.74, 6) is 0. The Kier molecular flexibility index (Phi) is 4.25. The molecule has 4 rings (SSSR count). The molecule has 2 aromatic heterocycles. The van der Waals surface area contributed by atoms with E-state index in [4.69, 9.17) is 0 Å². The molecular formula is C19H21N3O2S2. The fraction of sp³-hybridized carbons (Fsp3) is 0.316. The Hall–Kier alpha value is -1.96. The second-order valence-electron chi connectivity index (χ2n) is 6.71. The molecule has 1 aliphatic heterocycles. The zero-order chi connectivity index (χ0) is 18.5. The predicted molar refractivity (Wildman–Crippen MR) is 104 cm³/mol. The number of nitrogens with one attached hydrogen (secondary N) is 1. The minimum atomic E-state index is -3.52. The van der Waals surface area contributed by atoms with Gasteiger partial charge >= 0.3 is 0 Å². The van der Waals surface area contributed by atoms with Crippen LogP contribution in [-0.2, 0) is 23.0 Å². The molecule has 0 atom stereocenters. The molecule has 3 heterocycles. The van der Waals surface area contributed by atoms with Gasteiger partial charge in [0, 0.05) is 23.7 Å². The third-order valence-electron chi connectivity index (χ3n) is 5.07. The highest BCUT2D eigenvalue weighted by atomic mass is 32.2. The minimum absolute atomic E-state index is 0.400. The van der Waals surface area contributed by atoms with Crippen LogP contribution in [0.25, 0.3) is 10.6 Å². The lowest BCUT2D eigenvalue weighted by molar-refractivity contribution is 0.391. The van der Waals surface area contributed by atoms with Crippen LogP contribution in [0, 0.1) is 20.8 Å². The van der Waals surface area contributed by atoms with E-state index in [0.717, 1.165) is 38.7 Å². The molecule has 1 aromatic carbocycles. The number of H-pyrrole nitrogens is 1.